The molecule has 21 heavy (non-hydrogen) atoms. The Hall–Kier alpha value is -2.54. The van der Waals surface area contributed by atoms with Crippen LogP contribution in [0.1, 0.15) is 21.6 Å². The van der Waals surface area contributed by atoms with Crippen LogP contribution in [0.4, 0.5) is 11.4 Å². The van der Waals surface area contributed by atoms with Crippen molar-refractivity contribution in [3.05, 3.63) is 56.6 Å². The predicted octanol–water partition coefficient (Wildman–Crippen LogP) is 2.91. The van der Waals surface area contributed by atoms with Gasteiger partial charge in [0.15, 0.2) is 0 Å². The number of aromatic nitrogens is 2. The van der Waals surface area contributed by atoms with Gasteiger partial charge < -0.3 is 5.32 Å². The number of nitro groups is 1. The molecule has 0 aliphatic rings. The first-order chi connectivity index (χ1) is 9.88. The quantitative estimate of drug-likeness (QED) is 0.694. The van der Waals surface area contributed by atoms with Crippen LogP contribution in [0.2, 0.25) is 5.15 Å². The number of carbonyl (C=O) groups excluding carboxylic acids is 1. The van der Waals surface area contributed by atoms with Gasteiger partial charge in [0, 0.05) is 17.3 Å². The summed E-state index contributed by atoms with van der Waals surface area (Å²) < 4.78 is 0. The van der Waals surface area contributed by atoms with E-state index >= 15 is 0 Å². The average Bonchev–Trinajstić information content (AvgIpc) is 2.42. The summed E-state index contributed by atoms with van der Waals surface area (Å²) in [5, 5.41) is 13.6. The molecule has 1 aromatic carbocycles. The van der Waals surface area contributed by atoms with Crippen LogP contribution in [-0.4, -0.2) is 20.8 Å². The second-order valence-corrected chi connectivity index (χ2v) is 4.78. The lowest BCUT2D eigenvalue weighted by Gasteiger charge is -2.09. The zero-order valence-electron chi connectivity index (χ0n) is 11.3. The Labute approximate surface area is 125 Å². The maximum atomic E-state index is 12.0. The molecule has 1 N–H and O–H groups in total. The Morgan fingerprint density at radius 1 is 1.29 bits per heavy atom. The minimum Gasteiger partial charge on any atom is -0.320 e. The van der Waals surface area contributed by atoms with E-state index in [0.29, 0.717) is 16.8 Å². The minimum absolute atomic E-state index is 0.00745. The number of halogens is 1. The van der Waals surface area contributed by atoms with Gasteiger partial charge in [-0.25, -0.2) is 4.98 Å². The molecule has 0 atom stereocenters. The molecular weight excluding hydrogens is 296 g/mol. The Kier molecular flexibility index (Phi) is 4.13. The van der Waals surface area contributed by atoms with Crippen LogP contribution < -0.4 is 5.32 Å². The summed E-state index contributed by atoms with van der Waals surface area (Å²) >= 11 is 5.68. The van der Waals surface area contributed by atoms with E-state index in [2.05, 4.69) is 15.3 Å². The van der Waals surface area contributed by atoms with E-state index in [1.165, 1.54) is 18.5 Å². The van der Waals surface area contributed by atoms with Crippen molar-refractivity contribution in [2.75, 3.05) is 5.32 Å². The number of nitrogens with zero attached hydrogens (tertiary/aromatic N) is 3. The normalized spacial score (nSPS) is 10.2. The van der Waals surface area contributed by atoms with E-state index < -0.39 is 10.8 Å². The molecule has 8 heteroatoms. The van der Waals surface area contributed by atoms with Gasteiger partial charge >= 0.3 is 0 Å². The summed E-state index contributed by atoms with van der Waals surface area (Å²) in [6, 6.07) is 2.96. The summed E-state index contributed by atoms with van der Waals surface area (Å²) in [5.41, 5.74) is 1.59. The van der Waals surface area contributed by atoms with Crippen molar-refractivity contribution in [1.29, 1.82) is 0 Å². The second-order valence-electron chi connectivity index (χ2n) is 4.39. The van der Waals surface area contributed by atoms with E-state index in [1.807, 2.05) is 0 Å². The fourth-order valence-corrected chi connectivity index (χ4v) is 1.92. The fraction of sp³-hybridized carbons (Fsp3) is 0.154. The van der Waals surface area contributed by atoms with Crippen LogP contribution in [0.15, 0.2) is 24.5 Å². The second kappa shape index (κ2) is 5.84. The van der Waals surface area contributed by atoms with Gasteiger partial charge in [0.25, 0.3) is 11.6 Å². The van der Waals surface area contributed by atoms with Gasteiger partial charge in [-0.05, 0) is 25.5 Å². The predicted molar refractivity (Wildman–Crippen MR) is 77.6 cm³/mol. The summed E-state index contributed by atoms with van der Waals surface area (Å²) in [5.74, 6) is -0.485. The van der Waals surface area contributed by atoms with Crippen molar-refractivity contribution >= 4 is 28.9 Å². The molecule has 0 aliphatic carbocycles. The van der Waals surface area contributed by atoms with Crippen LogP contribution in [-0.2, 0) is 0 Å². The lowest BCUT2D eigenvalue weighted by molar-refractivity contribution is -0.385. The minimum atomic E-state index is -0.485. The molecule has 0 radical (unpaired) electrons. The first kappa shape index (κ1) is 14.9. The van der Waals surface area contributed by atoms with Crippen molar-refractivity contribution < 1.29 is 9.72 Å². The number of nitro benzene ring substituents is 1. The number of hydrogen-bond donors (Lipinski definition) is 1. The standard InChI is InChI=1S/C13H11ClN4O3/c1-7-4-11(18(20)21)8(2)3-9(7)17-13(19)10-5-15-6-12(14)16-10/h3-6H,1-2H3,(H,17,19). The highest BCUT2D eigenvalue weighted by molar-refractivity contribution is 6.29. The summed E-state index contributed by atoms with van der Waals surface area (Å²) in [6.07, 6.45) is 2.61. The van der Waals surface area contributed by atoms with Gasteiger partial charge in [-0.1, -0.05) is 11.6 Å². The van der Waals surface area contributed by atoms with Crippen molar-refractivity contribution in [2.45, 2.75) is 13.8 Å². The summed E-state index contributed by atoms with van der Waals surface area (Å²) in [7, 11) is 0. The number of hydrogen-bond acceptors (Lipinski definition) is 5. The van der Waals surface area contributed by atoms with Gasteiger partial charge in [-0.15, -0.1) is 0 Å². The molecule has 0 fully saturated rings. The summed E-state index contributed by atoms with van der Waals surface area (Å²) in [4.78, 5) is 30.1. The Balaban J connectivity index is 2.30. The SMILES string of the molecule is Cc1cc([N+](=O)[O-])c(C)cc1NC(=O)c1cncc(Cl)n1. The molecule has 2 rings (SSSR count). The van der Waals surface area contributed by atoms with E-state index in [9.17, 15) is 14.9 Å². The third-order valence-electron chi connectivity index (χ3n) is 2.83. The molecule has 0 saturated carbocycles. The van der Waals surface area contributed by atoms with Crippen molar-refractivity contribution in [3.63, 3.8) is 0 Å². The zero-order valence-corrected chi connectivity index (χ0v) is 12.0. The van der Waals surface area contributed by atoms with Crippen LogP contribution >= 0.6 is 11.6 Å². The Morgan fingerprint density at radius 3 is 2.62 bits per heavy atom. The molecule has 108 valence electrons. The molecule has 0 unspecified atom stereocenters. The number of aryl methyl sites for hydroxylation is 2. The third kappa shape index (κ3) is 3.32. The Bertz CT molecular complexity index is 733. The topological polar surface area (TPSA) is 98.0 Å². The van der Waals surface area contributed by atoms with Crippen LogP contribution in [0.3, 0.4) is 0 Å². The average molecular weight is 307 g/mol. The van der Waals surface area contributed by atoms with Gasteiger partial charge in [-0.3, -0.25) is 19.9 Å². The maximum Gasteiger partial charge on any atom is 0.275 e. The number of rotatable bonds is 3. The molecule has 2 aromatic rings. The van der Waals surface area contributed by atoms with Gasteiger partial charge in [-0.2, -0.15) is 0 Å². The van der Waals surface area contributed by atoms with E-state index in [1.54, 1.807) is 19.9 Å². The number of nitrogens with one attached hydrogen (secondary N) is 1. The van der Waals surface area contributed by atoms with Gasteiger partial charge in [0.05, 0.1) is 17.3 Å². The maximum absolute atomic E-state index is 12.0. The highest BCUT2D eigenvalue weighted by atomic mass is 35.5. The monoisotopic (exact) mass is 306 g/mol. The molecule has 1 amide bonds. The lowest BCUT2D eigenvalue weighted by Crippen LogP contribution is -2.15. The highest BCUT2D eigenvalue weighted by Crippen LogP contribution is 2.26. The first-order valence-electron chi connectivity index (χ1n) is 5.93. The molecule has 0 saturated heterocycles. The van der Waals surface area contributed by atoms with E-state index in [0.717, 1.165) is 0 Å². The molecule has 7 nitrogen and oxygen atoms in total. The Morgan fingerprint density at radius 2 is 2.00 bits per heavy atom. The van der Waals surface area contributed by atoms with Crippen LogP contribution in [0.5, 0.6) is 0 Å². The molecule has 0 bridgehead atoms. The van der Waals surface area contributed by atoms with E-state index in [4.69, 9.17) is 11.6 Å². The lowest BCUT2D eigenvalue weighted by atomic mass is 10.1. The fourth-order valence-electron chi connectivity index (χ4n) is 1.77. The first-order valence-corrected chi connectivity index (χ1v) is 6.31. The molecule has 1 heterocycles. The molecule has 0 aliphatic heterocycles. The van der Waals surface area contributed by atoms with Gasteiger partial charge in [0.2, 0.25) is 0 Å². The third-order valence-corrected chi connectivity index (χ3v) is 3.01. The van der Waals surface area contributed by atoms with Crippen molar-refractivity contribution in [2.24, 2.45) is 0 Å². The van der Waals surface area contributed by atoms with E-state index in [-0.39, 0.29) is 16.5 Å². The van der Waals surface area contributed by atoms with Crippen LogP contribution in [0.25, 0.3) is 0 Å². The summed E-state index contributed by atoms with van der Waals surface area (Å²) in [6.45, 7) is 3.28. The zero-order chi connectivity index (χ0) is 15.6. The molecule has 0 spiro atoms. The number of carbonyl (C=O) groups is 1. The number of benzene rings is 1. The molecule has 1 aromatic heterocycles. The van der Waals surface area contributed by atoms with Gasteiger partial charge in [0.1, 0.15) is 10.8 Å². The van der Waals surface area contributed by atoms with Crippen LogP contribution in [0, 0.1) is 24.0 Å². The van der Waals surface area contributed by atoms with Crippen molar-refractivity contribution in [1.82, 2.24) is 9.97 Å². The highest BCUT2D eigenvalue weighted by Gasteiger charge is 2.16. The van der Waals surface area contributed by atoms with Crippen molar-refractivity contribution in [3.8, 4) is 0 Å². The largest absolute Gasteiger partial charge is 0.320 e. The smallest absolute Gasteiger partial charge is 0.275 e. The number of anilines is 1. The molecular formula is C13H11ClN4O3. The number of amides is 1.